The van der Waals surface area contributed by atoms with E-state index in [1.165, 1.54) is 0 Å². The Morgan fingerprint density at radius 2 is 2.19 bits per heavy atom. The summed E-state index contributed by atoms with van der Waals surface area (Å²) in [5.41, 5.74) is -0.993. The predicted molar refractivity (Wildman–Crippen MR) is 62.1 cm³/mol. The fourth-order valence-electron chi connectivity index (χ4n) is 2.86. The first-order valence-corrected chi connectivity index (χ1v) is 6.26. The molecule has 1 unspecified atom stereocenters. The van der Waals surface area contributed by atoms with Crippen molar-refractivity contribution in [2.24, 2.45) is 0 Å². The van der Waals surface area contributed by atoms with Crippen LogP contribution in [0.25, 0.3) is 0 Å². The number of nitrogens with zero attached hydrogens (tertiary/aromatic N) is 1. The minimum absolute atomic E-state index is 0.158. The van der Waals surface area contributed by atoms with E-state index in [1.807, 2.05) is 6.92 Å². The van der Waals surface area contributed by atoms with Crippen LogP contribution in [0.15, 0.2) is 0 Å². The Bertz CT molecular complexity index is 279. The van der Waals surface area contributed by atoms with Gasteiger partial charge in [0.25, 0.3) is 0 Å². The molecule has 2 fully saturated rings. The van der Waals surface area contributed by atoms with Crippen molar-refractivity contribution in [3.63, 3.8) is 0 Å². The molecule has 4 nitrogen and oxygen atoms in total. The van der Waals surface area contributed by atoms with Crippen molar-refractivity contribution in [3.05, 3.63) is 0 Å². The van der Waals surface area contributed by atoms with Gasteiger partial charge >= 0.3 is 0 Å². The summed E-state index contributed by atoms with van der Waals surface area (Å²) in [6.45, 7) is 5.98. The summed E-state index contributed by atoms with van der Waals surface area (Å²) in [6.07, 6.45) is 3.73. The second-order valence-electron chi connectivity index (χ2n) is 5.50. The lowest BCUT2D eigenvalue weighted by Gasteiger charge is -2.49. The van der Waals surface area contributed by atoms with E-state index in [0.717, 1.165) is 32.2 Å². The molecule has 2 aliphatic rings. The van der Waals surface area contributed by atoms with E-state index in [4.69, 9.17) is 0 Å². The molecule has 0 saturated carbocycles. The lowest BCUT2D eigenvalue weighted by molar-refractivity contribution is -0.162. The molecule has 2 N–H and O–H groups in total. The van der Waals surface area contributed by atoms with Gasteiger partial charge in [0, 0.05) is 0 Å². The van der Waals surface area contributed by atoms with E-state index < -0.39 is 5.60 Å². The Labute approximate surface area is 97.0 Å². The molecule has 2 aliphatic heterocycles. The number of rotatable bonds is 3. The molecule has 16 heavy (non-hydrogen) atoms. The summed E-state index contributed by atoms with van der Waals surface area (Å²) in [4.78, 5) is 14.0. The number of β-amino-alcohol motifs (C(OH)–C–C–N with tert-alkyl or cyclic N) is 1. The number of nitrogens with one attached hydrogen (secondary N) is 1. The number of likely N-dealkylation sites (tertiary alicyclic amines) is 1. The van der Waals surface area contributed by atoms with Crippen LogP contribution in [0, 0.1) is 0 Å². The molecule has 0 spiro atoms. The van der Waals surface area contributed by atoms with E-state index >= 15 is 0 Å². The summed E-state index contributed by atoms with van der Waals surface area (Å²) in [5, 5.41) is 13.3. The van der Waals surface area contributed by atoms with Gasteiger partial charge in [-0.1, -0.05) is 13.3 Å². The number of aliphatic hydroxyl groups is 1. The molecule has 0 aromatic heterocycles. The molecule has 2 heterocycles. The van der Waals surface area contributed by atoms with Gasteiger partial charge < -0.3 is 15.3 Å². The molecule has 0 radical (unpaired) electrons. The van der Waals surface area contributed by atoms with Crippen LogP contribution < -0.4 is 5.32 Å². The first-order valence-electron chi connectivity index (χ1n) is 6.26. The van der Waals surface area contributed by atoms with Gasteiger partial charge in [-0.25, -0.2) is 0 Å². The zero-order chi connectivity index (χ0) is 11.8. The number of hydrogen-bond donors (Lipinski definition) is 2. The van der Waals surface area contributed by atoms with Crippen LogP contribution in [-0.4, -0.2) is 46.7 Å². The minimum atomic E-state index is -0.612. The average Bonchev–Trinajstić information content (AvgIpc) is 2.62. The van der Waals surface area contributed by atoms with Gasteiger partial charge in [-0.05, 0) is 32.7 Å². The van der Waals surface area contributed by atoms with Crippen molar-refractivity contribution in [2.45, 2.75) is 50.7 Å². The molecular formula is C12H22N2O2. The van der Waals surface area contributed by atoms with E-state index in [9.17, 15) is 9.90 Å². The Morgan fingerprint density at radius 1 is 1.50 bits per heavy atom. The zero-order valence-electron chi connectivity index (χ0n) is 10.3. The fourth-order valence-corrected chi connectivity index (χ4v) is 2.86. The summed E-state index contributed by atoms with van der Waals surface area (Å²) in [6, 6.07) is 0. The number of hydrogen-bond acceptors (Lipinski definition) is 3. The molecular weight excluding hydrogens is 204 g/mol. The van der Waals surface area contributed by atoms with Crippen molar-refractivity contribution in [3.8, 4) is 0 Å². The third-order valence-electron chi connectivity index (χ3n) is 3.81. The topological polar surface area (TPSA) is 52.6 Å². The van der Waals surface area contributed by atoms with Crippen molar-refractivity contribution in [1.29, 1.82) is 0 Å². The number of carbonyl (C=O) groups excluding carboxylic acids is 1. The molecule has 0 aromatic carbocycles. The van der Waals surface area contributed by atoms with E-state index in [0.29, 0.717) is 13.1 Å². The van der Waals surface area contributed by atoms with E-state index in [2.05, 4.69) is 12.2 Å². The van der Waals surface area contributed by atoms with Crippen LogP contribution in [0.2, 0.25) is 0 Å². The van der Waals surface area contributed by atoms with Crippen LogP contribution in [0.5, 0.6) is 0 Å². The molecule has 0 bridgehead atoms. The van der Waals surface area contributed by atoms with Crippen LogP contribution in [0.4, 0.5) is 0 Å². The van der Waals surface area contributed by atoms with Crippen molar-refractivity contribution >= 4 is 5.91 Å². The zero-order valence-corrected chi connectivity index (χ0v) is 10.3. The van der Waals surface area contributed by atoms with E-state index in [-0.39, 0.29) is 11.4 Å². The minimum Gasteiger partial charge on any atom is -0.386 e. The summed E-state index contributed by atoms with van der Waals surface area (Å²) >= 11 is 0. The maximum Gasteiger partial charge on any atom is 0.242 e. The molecule has 92 valence electrons. The monoisotopic (exact) mass is 226 g/mol. The summed E-state index contributed by atoms with van der Waals surface area (Å²) in [7, 11) is 0. The second-order valence-corrected chi connectivity index (χ2v) is 5.50. The lowest BCUT2D eigenvalue weighted by atomic mass is 9.86. The molecule has 0 aromatic rings. The smallest absolute Gasteiger partial charge is 0.242 e. The molecule has 0 aliphatic carbocycles. The standard InChI is InChI=1S/C12H22N2O2/c1-3-5-12(16)8-14(9-12)10(15)11(2)6-4-7-13-11/h13,16H,3-9H2,1-2H3. The Kier molecular flexibility index (Phi) is 2.97. The van der Waals surface area contributed by atoms with Gasteiger partial charge in [0.15, 0.2) is 0 Å². The van der Waals surface area contributed by atoms with Crippen LogP contribution in [-0.2, 0) is 4.79 Å². The maximum absolute atomic E-state index is 12.2. The molecule has 1 atom stereocenters. The fraction of sp³-hybridized carbons (Fsp3) is 0.917. The van der Waals surface area contributed by atoms with E-state index in [1.54, 1.807) is 4.90 Å². The molecule has 1 amide bonds. The average molecular weight is 226 g/mol. The summed E-state index contributed by atoms with van der Waals surface area (Å²) in [5.74, 6) is 0.158. The molecule has 4 heteroatoms. The van der Waals surface area contributed by atoms with Crippen molar-refractivity contribution < 1.29 is 9.90 Å². The van der Waals surface area contributed by atoms with Crippen molar-refractivity contribution in [2.75, 3.05) is 19.6 Å². The Balaban J connectivity index is 1.90. The normalized spacial score (nSPS) is 32.6. The van der Waals surface area contributed by atoms with Gasteiger partial charge in [-0.3, -0.25) is 4.79 Å². The maximum atomic E-state index is 12.2. The van der Waals surface area contributed by atoms with Gasteiger partial charge in [0.1, 0.15) is 0 Å². The Morgan fingerprint density at radius 3 is 2.69 bits per heavy atom. The van der Waals surface area contributed by atoms with Crippen LogP contribution in [0.1, 0.15) is 39.5 Å². The highest BCUT2D eigenvalue weighted by Crippen LogP contribution is 2.30. The van der Waals surface area contributed by atoms with Gasteiger partial charge in [0.2, 0.25) is 5.91 Å². The van der Waals surface area contributed by atoms with Crippen LogP contribution in [0.3, 0.4) is 0 Å². The van der Waals surface area contributed by atoms with Gasteiger partial charge in [-0.2, -0.15) is 0 Å². The highest BCUT2D eigenvalue weighted by atomic mass is 16.3. The highest BCUT2D eigenvalue weighted by molar-refractivity contribution is 5.87. The highest BCUT2D eigenvalue weighted by Gasteiger charge is 2.48. The van der Waals surface area contributed by atoms with Crippen LogP contribution >= 0.6 is 0 Å². The third kappa shape index (κ3) is 1.96. The molecule has 2 rings (SSSR count). The van der Waals surface area contributed by atoms with Crippen molar-refractivity contribution in [1.82, 2.24) is 10.2 Å². The van der Waals surface area contributed by atoms with Gasteiger partial charge in [0.05, 0.1) is 24.2 Å². The second kappa shape index (κ2) is 4.00. The quantitative estimate of drug-likeness (QED) is 0.737. The predicted octanol–water partition coefficient (Wildman–Crippen LogP) is 0.502. The number of carbonyl (C=O) groups is 1. The first-order chi connectivity index (χ1) is 7.49. The molecule has 2 saturated heterocycles. The lowest BCUT2D eigenvalue weighted by Crippen LogP contribution is -2.68. The first kappa shape index (κ1) is 11.9. The van der Waals surface area contributed by atoms with Gasteiger partial charge in [-0.15, -0.1) is 0 Å². The summed E-state index contributed by atoms with van der Waals surface area (Å²) < 4.78 is 0. The number of amides is 1. The largest absolute Gasteiger partial charge is 0.386 e. The third-order valence-corrected chi connectivity index (χ3v) is 3.81. The Hall–Kier alpha value is -0.610. The SMILES string of the molecule is CCCC1(O)CN(C(=O)C2(C)CCCN2)C1.